The van der Waals surface area contributed by atoms with Crippen LogP contribution in [0.2, 0.25) is 0 Å². The third-order valence-electron chi connectivity index (χ3n) is 1.50. The Morgan fingerprint density at radius 3 is 2.13 bits per heavy atom. The highest BCUT2D eigenvalue weighted by molar-refractivity contribution is 8.21. The van der Waals surface area contributed by atoms with Crippen LogP contribution in [0.15, 0.2) is 17.0 Å². The molecule has 15 heavy (non-hydrogen) atoms. The van der Waals surface area contributed by atoms with E-state index in [1.54, 1.807) is 0 Å². The van der Waals surface area contributed by atoms with Crippen LogP contribution in [0.1, 0.15) is 0 Å². The average Bonchev–Trinajstić information content (AvgIpc) is 2.16. The predicted octanol–water partition coefficient (Wildman–Crippen LogP) is 2.89. The molecule has 9 heteroatoms. The van der Waals surface area contributed by atoms with Crippen molar-refractivity contribution in [1.29, 1.82) is 0 Å². The van der Waals surface area contributed by atoms with E-state index in [1.807, 2.05) is 0 Å². The van der Waals surface area contributed by atoms with Crippen molar-refractivity contribution in [2.45, 2.75) is 4.90 Å². The number of hydrogen-bond donors (Lipinski definition) is 0. The maximum absolute atomic E-state index is 13.0. The van der Waals surface area contributed by atoms with E-state index in [9.17, 15) is 24.6 Å². The first kappa shape index (κ1) is 11.7. The van der Waals surface area contributed by atoms with E-state index in [4.69, 9.17) is 10.7 Å². The van der Waals surface area contributed by atoms with Crippen molar-refractivity contribution in [2.24, 2.45) is 0 Å². The predicted molar refractivity (Wildman–Crippen MR) is 51.4 cm³/mol. The van der Waals surface area contributed by atoms with Gasteiger partial charge in [-0.15, -0.1) is 0 Å². The van der Waals surface area contributed by atoms with E-state index >= 15 is 0 Å². The molecule has 1 aromatic rings. The number of nitro groups is 2. The minimum absolute atomic E-state index is 0.176. The van der Waals surface area contributed by atoms with E-state index in [-0.39, 0.29) is 4.90 Å². The van der Waals surface area contributed by atoms with Gasteiger partial charge in [-0.1, -0.05) is 0 Å². The minimum atomic E-state index is -1.16. The Bertz CT molecular complexity index is 441. The zero-order valence-electron chi connectivity index (χ0n) is 6.85. The van der Waals surface area contributed by atoms with Crippen molar-refractivity contribution in [3.05, 3.63) is 38.2 Å². The van der Waals surface area contributed by atoms with Gasteiger partial charge < -0.3 is 0 Å². The molecule has 0 radical (unpaired) electrons. The second-order valence-corrected chi connectivity index (χ2v) is 3.42. The van der Waals surface area contributed by atoms with Gasteiger partial charge in [0.2, 0.25) is 5.82 Å². The molecule has 0 saturated carbocycles. The molecule has 1 aromatic carbocycles. The molecular formula is C6H2ClFN2O4S. The van der Waals surface area contributed by atoms with Crippen LogP contribution in [-0.4, -0.2) is 9.85 Å². The highest BCUT2D eigenvalue weighted by atomic mass is 35.7. The number of rotatable bonds is 3. The third kappa shape index (κ3) is 2.34. The molecule has 0 aliphatic rings. The lowest BCUT2D eigenvalue weighted by Crippen LogP contribution is -1.97. The van der Waals surface area contributed by atoms with Crippen LogP contribution < -0.4 is 0 Å². The summed E-state index contributed by atoms with van der Waals surface area (Å²) in [4.78, 5) is 18.7. The first-order valence-corrected chi connectivity index (χ1v) is 5.02. The van der Waals surface area contributed by atoms with Gasteiger partial charge in [0.15, 0.2) is 0 Å². The van der Waals surface area contributed by atoms with Gasteiger partial charge in [-0.25, -0.2) is 0 Å². The monoisotopic (exact) mass is 252 g/mol. The van der Waals surface area contributed by atoms with Crippen molar-refractivity contribution < 1.29 is 14.2 Å². The lowest BCUT2D eigenvalue weighted by Gasteiger charge is -1.98. The van der Waals surface area contributed by atoms with Crippen LogP contribution in [0.5, 0.6) is 0 Å². The van der Waals surface area contributed by atoms with Crippen molar-refractivity contribution in [3.8, 4) is 0 Å². The molecule has 0 N–H and O–H groups in total. The summed E-state index contributed by atoms with van der Waals surface area (Å²) in [6.45, 7) is 0. The van der Waals surface area contributed by atoms with E-state index < -0.39 is 27.0 Å². The van der Waals surface area contributed by atoms with Crippen molar-refractivity contribution >= 4 is 33.0 Å². The molecule has 0 heterocycles. The number of benzene rings is 1. The Labute approximate surface area is 90.8 Å². The zero-order chi connectivity index (χ0) is 11.6. The molecule has 0 spiro atoms. The fourth-order valence-corrected chi connectivity index (χ4v) is 1.61. The summed E-state index contributed by atoms with van der Waals surface area (Å²) in [7, 11) is 5.68. The SMILES string of the molecule is O=[N+]([O-])c1cc([N+](=O)[O-])c(SCl)cc1F. The topological polar surface area (TPSA) is 86.3 Å². The summed E-state index contributed by atoms with van der Waals surface area (Å²) in [5, 5.41) is 20.8. The van der Waals surface area contributed by atoms with Gasteiger partial charge >= 0.3 is 5.69 Å². The van der Waals surface area contributed by atoms with E-state index in [0.717, 1.165) is 0 Å². The third-order valence-corrected chi connectivity index (χ3v) is 2.50. The largest absolute Gasteiger partial charge is 0.311 e. The Kier molecular flexibility index (Phi) is 3.43. The molecule has 80 valence electrons. The minimum Gasteiger partial charge on any atom is -0.258 e. The van der Waals surface area contributed by atoms with Gasteiger partial charge in [-0.2, -0.15) is 4.39 Å². The number of nitrogens with zero attached hydrogens (tertiary/aromatic N) is 2. The van der Waals surface area contributed by atoms with Gasteiger partial charge in [0, 0.05) is 6.07 Å². The summed E-state index contributed by atoms with van der Waals surface area (Å²) < 4.78 is 13.0. The summed E-state index contributed by atoms with van der Waals surface area (Å²) in [6.07, 6.45) is 0. The Balaban J connectivity index is 3.43. The molecular weight excluding hydrogens is 251 g/mol. The Morgan fingerprint density at radius 2 is 1.73 bits per heavy atom. The lowest BCUT2D eigenvalue weighted by molar-refractivity contribution is -0.397. The molecule has 1 rings (SSSR count). The van der Waals surface area contributed by atoms with Crippen LogP contribution in [0.25, 0.3) is 0 Å². The average molecular weight is 253 g/mol. The first-order chi connectivity index (χ1) is 6.97. The van der Waals surface area contributed by atoms with Gasteiger partial charge in [0.1, 0.15) is 4.90 Å². The quantitative estimate of drug-likeness (QED) is 0.610. The molecule has 0 aliphatic carbocycles. The Hall–Kier alpha value is -1.41. The maximum Gasteiger partial charge on any atom is 0.311 e. The number of halogens is 2. The highest BCUT2D eigenvalue weighted by Gasteiger charge is 2.24. The van der Waals surface area contributed by atoms with Crippen molar-refractivity contribution in [2.75, 3.05) is 0 Å². The molecule has 0 amide bonds. The summed E-state index contributed by atoms with van der Waals surface area (Å²) in [6, 6.07) is 1.20. The van der Waals surface area contributed by atoms with Crippen LogP contribution in [-0.2, 0) is 0 Å². The number of hydrogen-bond acceptors (Lipinski definition) is 5. The van der Waals surface area contributed by atoms with Crippen molar-refractivity contribution in [1.82, 2.24) is 0 Å². The number of nitro benzene ring substituents is 2. The molecule has 6 nitrogen and oxygen atoms in total. The molecule has 0 bridgehead atoms. The molecule has 0 fully saturated rings. The molecule has 0 saturated heterocycles. The fourth-order valence-electron chi connectivity index (χ4n) is 0.877. The van der Waals surface area contributed by atoms with E-state index in [1.165, 1.54) is 0 Å². The smallest absolute Gasteiger partial charge is 0.258 e. The molecule has 0 aliphatic heterocycles. The van der Waals surface area contributed by atoms with Crippen molar-refractivity contribution in [3.63, 3.8) is 0 Å². The zero-order valence-corrected chi connectivity index (χ0v) is 8.42. The summed E-state index contributed by atoms with van der Waals surface area (Å²) >= 11 is 0. The fraction of sp³-hybridized carbons (Fsp3) is 0. The first-order valence-electron chi connectivity index (χ1n) is 3.38. The van der Waals surface area contributed by atoms with Crippen LogP contribution in [0.4, 0.5) is 15.8 Å². The molecule has 0 atom stereocenters. The van der Waals surface area contributed by atoms with E-state index in [2.05, 4.69) is 0 Å². The maximum atomic E-state index is 13.0. The summed E-state index contributed by atoms with van der Waals surface area (Å²) in [5.41, 5.74) is -1.54. The van der Waals surface area contributed by atoms with Gasteiger partial charge in [0.05, 0.1) is 15.9 Å². The van der Waals surface area contributed by atoms with Crippen LogP contribution in [0.3, 0.4) is 0 Å². The van der Waals surface area contributed by atoms with Gasteiger partial charge in [0.25, 0.3) is 5.69 Å². The van der Waals surface area contributed by atoms with Crippen LogP contribution in [0, 0.1) is 26.0 Å². The summed E-state index contributed by atoms with van der Waals surface area (Å²) in [5.74, 6) is -1.16. The second-order valence-electron chi connectivity index (χ2n) is 2.36. The van der Waals surface area contributed by atoms with E-state index in [0.29, 0.717) is 23.1 Å². The highest BCUT2D eigenvalue weighted by Crippen LogP contribution is 2.36. The van der Waals surface area contributed by atoms with Crippen LogP contribution >= 0.6 is 21.7 Å². The Morgan fingerprint density at radius 1 is 1.20 bits per heavy atom. The molecule has 0 unspecified atom stereocenters. The van der Waals surface area contributed by atoms with Gasteiger partial charge in [-0.05, 0) is 21.7 Å². The second kappa shape index (κ2) is 4.41. The van der Waals surface area contributed by atoms with Gasteiger partial charge in [-0.3, -0.25) is 20.2 Å². The lowest BCUT2D eigenvalue weighted by atomic mass is 10.2. The standard InChI is InChI=1S/C6H2ClFN2O4S/c7-15-6-1-3(8)4(9(11)12)2-5(6)10(13)14/h1-2H. The molecule has 0 aromatic heterocycles. The normalized spacial score (nSPS) is 10.0.